The summed E-state index contributed by atoms with van der Waals surface area (Å²) in [6, 6.07) is 36.1. The third-order valence-electron chi connectivity index (χ3n) is 8.04. The summed E-state index contributed by atoms with van der Waals surface area (Å²) in [4.78, 5) is 57.0. The monoisotopic (exact) mass is 771 g/mol. The van der Waals surface area contributed by atoms with E-state index in [1.807, 2.05) is 36.4 Å². The highest BCUT2D eigenvalue weighted by Crippen LogP contribution is 2.38. The van der Waals surface area contributed by atoms with E-state index in [2.05, 4.69) is 20.9 Å². The van der Waals surface area contributed by atoms with E-state index >= 15 is 0 Å². The van der Waals surface area contributed by atoms with Gasteiger partial charge in [0.05, 0.1) is 24.8 Å². The molecule has 1 aromatic heterocycles. The first-order valence-corrected chi connectivity index (χ1v) is 18.4. The molecule has 0 saturated carbocycles. The van der Waals surface area contributed by atoms with Crippen molar-refractivity contribution in [1.29, 1.82) is 0 Å². The van der Waals surface area contributed by atoms with E-state index in [1.54, 1.807) is 84.2 Å². The number of anilines is 2. The lowest BCUT2D eigenvalue weighted by atomic mass is 10.1. The lowest BCUT2D eigenvalue weighted by Crippen LogP contribution is -2.30. The molecule has 0 radical (unpaired) electrons. The average molecular weight is 772 g/mol. The molecule has 0 saturated heterocycles. The molecule has 6 aromatic rings. The lowest BCUT2D eigenvalue weighted by Gasteiger charge is -2.17. The van der Waals surface area contributed by atoms with Crippen LogP contribution in [0.25, 0.3) is 17.3 Å². The molecule has 276 valence electrons. The highest BCUT2D eigenvalue weighted by molar-refractivity contribution is 8.00. The second-order valence-electron chi connectivity index (χ2n) is 11.7. The van der Waals surface area contributed by atoms with E-state index in [4.69, 9.17) is 9.47 Å². The van der Waals surface area contributed by atoms with Gasteiger partial charge in [0, 0.05) is 44.8 Å². The predicted molar refractivity (Wildman–Crippen MR) is 214 cm³/mol. The maximum atomic E-state index is 13.9. The molecule has 6 rings (SSSR count). The number of nitro benzene ring substituents is 1. The number of thiazole rings is 1. The van der Waals surface area contributed by atoms with Crippen molar-refractivity contribution in [2.24, 2.45) is 0 Å². The molecule has 5 aromatic carbocycles. The number of nitrogens with one attached hydrogen (secondary N) is 3. The van der Waals surface area contributed by atoms with Gasteiger partial charge >= 0.3 is 0 Å². The molecular formula is C41H33N5O7S2. The van der Waals surface area contributed by atoms with Gasteiger partial charge in [-0.15, -0.1) is 23.1 Å². The first-order valence-electron chi connectivity index (χ1n) is 16.7. The number of aromatic nitrogens is 1. The van der Waals surface area contributed by atoms with Crippen molar-refractivity contribution in [3.05, 3.63) is 165 Å². The van der Waals surface area contributed by atoms with Gasteiger partial charge in [-0.2, -0.15) is 0 Å². The number of carbonyl (C=O) groups is 3. The highest BCUT2D eigenvalue weighted by Gasteiger charge is 2.24. The number of benzene rings is 5. The van der Waals surface area contributed by atoms with Gasteiger partial charge in [-0.1, -0.05) is 78.9 Å². The first kappa shape index (κ1) is 38.0. The van der Waals surface area contributed by atoms with Gasteiger partial charge in [-0.05, 0) is 48.0 Å². The number of para-hydroxylation sites is 1. The van der Waals surface area contributed by atoms with Crippen LogP contribution in [0.1, 0.15) is 26.7 Å². The number of nitro groups is 1. The second-order valence-corrected chi connectivity index (χ2v) is 13.7. The van der Waals surface area contributed by atoms with Crippen molar-refractivity contribution in [2.75, 3.05) is 24.9 Å². The minimum absolute atomic E-state index is 0.0482. The molecule has 12 nitrogen and oxygen atoms in total. The van der Waals surface area contributed by atoms with Crippen molar-refractivity contribution in [2.45, 2.75) is 10.1 Å². The molecule has 1 heterocycles. The van der Waals surface area contributed by atoms with Crippen LogP contribution in [-0.4, -0.2) is 41.8 Å². The van der Waals surface area contributed by atoms with Crippen LogP contribution in [0.3, 0.4) is 0 Å². The fourth-order valence-corrected chi connectivity index (χ4v) is 7.23. The van der Waals surface area contributed by atoms with Crippen molar-refractivity contribution in [3.8, 4) is 22.8 Å². The van der Waals surface area contributed by atoms with Gasteiger partial charge in [0.1, 0.15) is 10.9 Å². The number of amides is 3. The number of methoxy groups -OCH3 is 2. The number of hydrogen-bond acceptors (Lipinski definition) is 10. The maximum Gasteiger partial charge on any atom is 0.272 e. The minimum atomic E-state index is -0.724. The summed E-state index contributed by atoms with van der Waals surface area (Å²) in [5, 5.41) is 21.1. The van der Waals surface area contributed by atoms with Gasteiger partial charge in [0.2, 0.25) is 5.91 Å². The van der Waals surface area contributed by atoms with Crippen LogP contribution in [0.4, 0.5) is 16.5 Å². The Morgan fingerprint density at radius 1 is 0.836 bits per heavy atom. The Balaban J connectivity index is 1.24. The summed E-state index contributed by atoms with van der Waals surface area (Å²) >= 11 is 2.48. The lowest BCUT2D eigenvalue weighted by molar-refractivity contribution is -0.384. The zero-order chi connectivity index (χ0) is 38.7. The Morgan fingerprint density at radius 3 is 2.29 bits per heavy atom. The maximum absolute atomic E-state index is 13.9. The third kappa shape index (κ3) is 9.62. The Labute approximate surface area is 324 Å². The number of ether oxygens (including phenoxy) is 2. The molecule has 0 aliphatic rings. The van der Waals surface area contributed by atoms with Gasteiger partial charge < -0.3 is 25.4 Å². The predicted octanol–water partition coefficient (Wildman–Crippen LogP) is 8.62. The van der Waals surface area contributed by atoms with E-state index in [9.17, 15) is 24.5 Å². The van der Waals surface area contributed by atoms with Crippen molar-refractivity contribution in [1.82, 2.24) is 10.3 Å². The zero-order valence-electron chi connectivity index (χ0n) is 29.4. The van der Waals surface area contributed by atoms with E-state index in [1.165, 1.54) is 55.5 Å². The SMILES string of the molecule is COc1cccc(/C=C(/NC(=O)c2ccccc2)C(=O)Nc2cccc(SC(C(=O)Nc3nc(-c4cccc([N+](=O)[O-])c4)cs3)c3ccccc3)c2)c1OC. The number of rotatable bonds is 14. The molecule has 1 unspecified atom stereocenters. The van der Waals surface area contributed by atoms with E-state index in [-0.39, 0.29) is 17.3 Å². The minimum Gasteiger partial charge on any atom is -0.493 e. The summed E-state index contributed by atoms with van der Waals surface area (Å²) in [6.45, 7) is 0. The Hall–Kier alpha value is -6.77. The van der Waals surface area contributed by atoms with E-state index in [0.29, 0.717) is 49.6 Å². The molecule has 1 atom stereocenters. The van der Waals surface area contributed by atoms with Crippen LogP contribution in [0.5, 0.6) is 11.5 Å². The quantitative estimate of drug-likeness (QED) is 0.0426. The normalized spacial score (nSPS) is 11.6. The van der Waals surface area contributed by atoms with Crippen molar-refractivity contribution in [3.63, 3.8) is 0 Å². The molecule has 0 aliphatic heterocycles. The molecule has 3 N–H and O–H groups in total. The van der Waals surface area contributed by atoms with Gasteiger partial charge in [0.25, 0.3) is 17.5 Å². The smallest absolute Gasteiger partial charge is 0.272 e. The van der Waals surface area contributed by atoms with E-state index < -0.39 is 22.0 Å². The van der Waals surface area contributed by atoms with Crippen LogP contribution >= 0.6 is 23.1 Å². The number of nitrogens with zero attached hydrogens (tertiary/aromatic N) is 2. The molecule has 3 amide bonds. The number of thioether (sulfide) groups is 1. The molecule has 0 fully saturated rings. The Morgan fingerprint density at radius 2 is 1.56 bits per heavy atom. The number of carbonyl (C=O) groups excluding carboxylic acids is 3. The largest absolute Gasteiger partial charge is 0.493 e. The molecule has 55 heavy (non-hydrogen) atoms. The van der Waals surface area contributed by atoms with Gasteiger partial charge in [-0.3, -0.25) is 24.5 Å². The Bertz CT molecular complexity index is 2370. The van der Waals surface area contributed by atoms with Gasteiger partial charge in [-0.25, -0.2) is 4.98 Å². The van der Waals surface area contributed by atoms with Crippen molar-refractivity contribution < 1.29 is 28.8 Å². The Kier molecular flexibility index (Phi) is 12.3. The summed E-state index contributed by atoms with van der Waals surface area (Å²) in [5.41, 5.74) is 2.95. The molecule has 0 spiro atoms. The van der Waals surface area contributed by atoms with Crippen LogP contribution in [-0.2, 0) is 9.59 Å². The number of non-ortho nitro benzene ring substituents is 1. The topological polar surface area (TPSA) is 162 Å². The third-order valence-corrected chi connectivity index (χ3v) is 10.0. The molecule has 0 aliphatic carbocycles. The van der Waals surface area contributed by atoms with E-state index in [0.717, 1.165) is 5.56 Å². The van der Waals surface area contributed by atoms with Crippen LogP contribution in [0.2, 0.25) is 0 Å². The second kappa shape index (κ2) is 17.8. The van der Waals surface area contributed by atoms with Gasteiger partial charge in [0.15, 0.2) is 16.6 Å². The van der Waals surface area contributed by atoms with Crippen LogP contribution in [0, 0.1) is 10.1 Å². The number of hydrogen-bond donors (Lipinski definition) is 3. The molecule has 14 heteroatoms. The standard InChI is InChI=1S/C41H33N5O7S2/c1-52-35-21-10-17-29(36(35)53-2)23-33(43-38(47)27-14-7-4-8-15-27)39(48)42-30-18-11-20-32(24-30)55-37(26-12-5-3-6-13-26)40(49)45-41-44-34(25-54-41)28-16-9-19-31(22-28)46(50)51/h3-25,37H,1-2H3,(H,42,48)(H,43,47)(H,44,45,49)/b33-23+. The van der Waals surface area contributed by atoms with Crippen LogP contribution in [0.15, 0.2) is 143 Å². The zero-order valence-corrected chi connectivity index (χ0v) is 31.1. The summed E-state index contributed by atoms with van der Waals surface area (Å²) in [5.74, 6) is -0.596. The fraction of sp³-hybridized carbons (Fsp3) is 0.0732. The fourth-order valence-electron chi connectivity index (χ4n) is 5.42. The average Bonchev–Trinajstić information content (AvgIpc) is 3.68. The van der Waals surface area contributed by atoms with Crippen LogP contribution < -0.4 is 25.4 Å². The molecular weight excluding hydrogens is 739 g/mol. The van der Waals surface area contributed by atoms with Crippen molar-refractivity contribution >= 4 is 63.4 Å². The summed E-state index contributed by atoms with van der Waals surface area (Å²) < 4.78 is 11.0. The summed E-state index contributed by atoms with van der Waals surface area (Å²) in [6.07, 6.45) is 1.51. The first-order chi connectivity index (χ1) is 26.7. The highest BCUT2D eigenvalue weighted by atomic mass is 32.2. The molecule has 0 bridgehead atoms. The summed E-state index contributed by atoms with van der Waals surface area (Å²) in [7, 11) is 2.99.